The molecule has 4 rings (SSSR count). The number of likely N-dealkylation sites (tertiary alicyclic amines) is 1. The van der Waals surface area contributed by atoms with Crippen molar-refractivity contribution in [2.24, 2.45) is 17.8 Å². The summed E-state index contributed by atoms with van der Waals surface area (Å²) in [6.45, 7) is 13.7. The molecule has 8 nitrogen and oxygen atoms in total. The normalized spacial score (nSPS) is 33.3. The van der Waals surface area contributed by atoms with Gasteiger partial charge < -0.3 is 24.4 Å². The van der Waals surface area contributed by atoms with Crippen molar-refractivity contribution in [3.05, 3.63) is 25.3 Å². The van der Waals surface area contributed by atoms with Gasteiger partial charge in [0, 0.05) is 12.6 Å². The molecule has 2 bridgehead atoms. The molecular formula is C30H46N2O6. The van der Waals surface area contributed by atoms with Gasteiger partial charge in [0.2, 0.25) is 11.8 Å². The second-order valence-electron chi connectivity index (χ2n) is 12.1. The molecule has 2 unspecified atom stereocenters. The lowest BCUT2D eigenvalue weighted by Gasteiger charge is -2.43. The molecule has 3 heterocycles. The van der Waals surface area contributed by atoms with Crippen LogP contribution in [-0.4, -0.2) is 81.8 Å². The number of allylic oxidation sites excluding steroid dienone is 1. The molecule has 6 atom stereocenters. The van der Waals surface area contributed by atoms with Crippen molar-refractivity contribution >= 4 is 17.8 Å². The Morgan fingerprint density at radius 1 is 1.21 bits per heavy atom. The smallest absolute Gasteiger partial charge is 0.312 e. The van der Waals surface area contributed by atoms with Gasteiger partial charge in [-0.25, -0.2) is 0 Å². The summed E-state index contributed by atoms with van der Waals surface area (Å²) in [7, 11) is 0. The average Bonchev–Trinajstić information content (AvgIpc) is 3.46. The van der Waals surface area contributed by atoms with Gasteiger partial charge in [-0.05, 0) is 51.4 Å². The van der Waals surface area contributed by atoms with Crippen molar-refractivity contribution in [3.8, 4) is 0 Å². The molecule has 0 aromatic heterocycles. The third-order valence-corrected chi connectivity index (χ3v) is 9.44. The van der Waals surface area contributed by atoms with E-state index in [0.717, 1.165) is 38.5 Å². The number of hydrogen-bond donors (Lipinski definition) is 1. The van der Waals surface area contributed by atoms with Crippen molar-refractivity contribution in [1.82, 2.24) is 9.80 Å². The molecule has 0 aromatic rings. The average molecular weight is 531 g/mol. The number of hydrogen-bond acceptors (Lipinski definition) is 6. The van der Waals surface area contributed by atoms with Gasteiger partial charge in [-0.1, -0.05) is 45.3 Å². The largest absolute Gasteiger partial charge is 0.465 e. The Labute approximate surface area is 227 Å². The van der Waals surface area contributed by atoms with E-state index in [-0.39, 0.29) is 37.0 Å². The SMILES string of the molecule is C=CCCCOC(=O)[C@H]1[C@H]2C(=O)N([C@@H](CO)C(C)C)C(C(=O)N(CC=C)C3CCCCC3)C23CC[C@]1(C)O3. The summed E-state index contributed by atoms with van der Waals surface area (Å²) < 4.78 is 12.4. The lowest BCUT2D eigenvalue weighted by Crippen LogP contribution is -2.61. The molecule has 1 saturated carbocycles. The van der Waals surface area contributed by atoms with E-state index in [1.807, 2.05) is 25.7 Å². The van der Waals surface area contributed by atoms with Gasteiger partial charge in [0.15, 0.2) is 0 Å². The Morgan fingerprint density at radius 3 is 2.53 bits per heavy atom. The van der Waals surface area contributed by atoms with Gasteiger partial charge >= 0.3 is 5.97 Å². The molecular weight excluding hydrogens is 484 g/mol. The second kappa shape index (κ2) is 11.5. The maximum atomic E-state index is 14.6. The van der Waals surface area contributed by atoms with Gasteiger partial charge in [-0.2, -0.15) is 0 Å². The summed E-state index contributed by atoms with van der Waals surface area (Å²) in [6.07, 6.45) is 11.1. The number of amides is 2. The van der Waals surface area contributed by atoms with Crippen molar-refractivity contribution < 1.29 is 29.0 Å². The lowest BCUT2D eigenvalue weighted by atomic mass is 9.66. The number of nitrogens with zero attached hydrogens (tertiary/aromatic N) is 2. The Kier molecular flexibility index (Phi) is 8.72. The lowest BCUT2D eigenvalue weighted by molar-refractivity contribution is -0.163. The standard InChI is InChI=1S/C30H46N2O6/c1-6-8-12-18-37-28(36)24-23-26(34)32(22(19-33)20(3)4)25(30(23)16-15-29(24,5)38-30)27(35)31(17-7-2)21-13-10-9-11-14-21/h6-7,20-25,33H,1-2,8-19H2,3-5H3/t22-,23-,24+,25?,29-,30?/m0/s1. The van der Waals surface area contributed by atoms with Gasteiger partial charge in [0.25, 0.3) is 0 Å². The van der Waals surface area contributed by atoms with Gasteiger partial charge in [0.1, 0.15) is 17.6 Å². The van der Waals surface area contributed by atoms with E-state index in [0.29, 0.717) is 25.8 Å². The fourth-order valence-corrected chi connectivity index (χ4v) is 7.58. The molecule has 8 heteroatoms. The van der Waals surface area contributed by atoms with Gasteiger partial charge in [-0.3, -0.25) is 14.4 Å². The number of carbonyl (C=O) groups is 3. The fraction of sp³-hybridized carbons (Fsp3) is 0.767. The number of rotatable bonds is 12. The Balaban J connectivity index is 1.74. The zero-order chi connectivity index (χ0) is 27.7. The fourth-order valence-electron chi connectivity index (χ4n) is 7.58. The van der Waals surface area contributed by atoms with Crippen LogP contribution in [-0.2, 0) is 23.9 Å². The number of aliphatic hydroxyl groups is 1. The zero-order valence-electron chi connectivity index (χ0n) is 23.4. The van der Waals surface area contributed by atoms with Crippen molar-refractivity contribution in [2.45, 2.75) is 108 Å². The van der Waals surface area contributed by atoms with Crippen LogP contribution in [0.15, 0.2) is 25.3 Å². The highest BCUT2D eigenvalue weighted by atomic mass is 16.6. The van der Waals surface area contributed by atoms with Crippen LogP contribution in [0.3, 0.4) is 0 Å². The van der Waals surface area contributed by atoms with Crippen LogP contribution < -0.4 is 0 Å². The quantitative estimate of drug-likeness (QED) is 0.235. The maximum Gasteiger partial charge on any atom is 0.312 e. The summed E-state index contributed by atoms with van der Waals surface area (Å²) >= 11 is 0. The maximum absolute atomic E-state index is 14.6. The van der Waals surface area contributed by atoms with Crippen LogP contribution in [0.4, 0.5) is 0 Å². The molecule has 2 amide bonds. The molecule has 212 valence electrons. The van der Waals surface area contributed by atoms with Crippen LogP contribution in [0.25, 0.3) is 0 Å². The Hall–Kier alpha value is -2.19. The number of fused-ring (bicyclic) bond motifs is 1. The first-order valence-corrected chi connectivity index (χ1v) is 14.5. The topological polar surface area (TPSA) is 96.4 Å². The van der Waals surface area contributed by atoms with E-state index in [2.05, 4.69) is 13.2 Å². The molecule has 38 heavy (non-hydrogen) atoms. The van der Waals surface area contributed by atoms with E-state index in [9.17, 15) is 19.5 Å². The van der Waals surface area contributed by atoms with Crippen LogP contribution in [0.2, 0.25) is 0 Å². The number of aliphatic hydroxyl groups excluding tert-OH is 1. The molecule has 0 radical (unpaired) electrons. The molecule has 3 saturated heterocycles. The van der Waals surface area contributed by atoms with E-state index < -0.39 is 41.1 Å². The van der Waals surface area contributed by atoms with E-state index in [1.54, 1.807) is 17.1 Å². The van der Waals surface area contributed by atoms with Crippen LogP contribution in [0.1, 0.15) is 78.6 Å². The predicted molar refractivity (Wildman–Crippen MR) is 144 cm³/mol. The summed E-state index contributed by atoms with van der Waals surface area (Å²) in [5.74, 6) is -2.57. The first-order chi connectivity index (χ1) is 18.2. The van der Waals surface area contributed by atoms with E-state index in [4.69, 9.17) is 9.47 Å². The highest BCUT2D eigenvalue weighted by molar-refractivity contribution is 5.99. The second-order valence-corrected chi connectivity index (χ2v) is 12.1. The minimum absolute atomic E-state index is 0.0769. The van der Waals surface area contributed by atoms with Crippen molar-refractivity contribution in [1.29, 1.82) is 0 Å². The van der Waals surface area contributed by atoms with E-state index >= 15 is 0 Å². The van der Waals surface area contributed by atoms with Crippen molar-refractivity contribution in [2.75, 3.05) is 19.8 Å². The molecule has 0 aromatic carbocycles. The number of esters is 1. The number of carbonyl (C=O) groups excluding carboxylic acids is 3. The minimum atomic E-state index is -1.12. The molecule has 4 fully saturated rings. The predicted octanol–water partition coefficient (Wildman–Crippen LogP) is 3.62. The van der Waals surface area contributed by atoms with Crippen molar-refractivity contribution in [3.63, 3.8) is 0 Å². The summed E-state index contributed by atoms with van der Waals surface area (Å²) in [5.41, 5.74) is -1.99. The molecule has 4 aliphatic rings. The minimum Gasteiger partial charge on any atom is -0.465 e. The highest BCUT2D eigenvalue weighted by Gasteiger charge is 2.79. The van der Waals surface area contributed by atoms with Gasteiger partial charge in [-0.15, -0.1) is 13.2 Å². The summed E-state index contributed by atoms with van der Waals surface area (Å²) in [5, 5.41) is 10.4. The van der Waals surface area contributed by atoms with Crippen LogP contribution in [0.5, 0.6) is 0 Å². The Bertz CT molecular complexity index is 930. The van der Waals surface area contributed by atoms with Crippen LogP contribution >= 0.6 is 0 Å². The third-order valence-electron chi connectivity index (χ3n) is 9.44. The molecule has 1 spiro atoms. The monoisotopic (exact) mass is 530 g/mol. The number of unbranched alkanes of at least 4 members (excludes halogenated alkanes) is 1. The number of ether oxygens (including phenoxy) is 2. The van der Waals surface area contributed by atoms with E-state index in [1.165, 1.54) is 0 Å². The summed E-state index contributed by atoms with van der Waals surface area (Å²) in [4.78, 5) is 45.8. The zero-order valence-corrected chi connectivity index (χ0v) is 23.4. The first-order valence-electron chi connectivity index (χ1n) is 14.5. The molecule has 1 aliphatic carbocycles. The Morgan fingerprint density at radius 2 is 1.92 bits per heavy atom. The highest BCUT2D eigenvalue weighted by Crippen LogP contribution is 2.64. The molecule has 3 aliphatic heterocycles. The first kappa shape index (κ1) is 28.8. The van der Waals surface area contributed by atoms with Crippen LogP contribution in [0, 0.1) is 17.8 Å². The molecule has 1 N–H and O–H groups in total. The van der Waals surface area contributed by atoms with Gasteiger partial charge in [0.05, 0.1) is 30.8 Å². The summed E-state index contributed by atoms with van der Waals surface area (Å²) in [6, 6.07) is -1.39. The third kappa shape index (κ3) is 4.72.